The average Bonchev–Trinajstić information content (AvgIpc) is 2.22. The Balaban J connectivity index is 3.99. The van der Waals surface area contributed by atoms with Crippen LogP contribution in [0.5, 0.6) is 0 Å². The van der Waals surface area contributed by atoms with Gasteiger partial charge in [-0.25, -0.2) is 0 Å². The summed E-state index contributed by atoms with van der Waals surface area (Å²) in [5, 5.41) is 4.77. The molecule has 0 bridgehead atoms. The van der Waals surface area contributed by atoms with Crippen molar-refractivity contribution in [3.8, 4) is 0 Å². The lowest BCUT2D eigenvalue weighted by molar-refractivity contribution is -0.132. The normalized spacial score (nSPS) is 10.8. The average molecular weight is 261 g/mol. The van der Waals surface area contributed by atoms with Gasteiger partial charge < -0.3 is 16.4 Å². The summed E-state index contributed by atoms with van der Waals surface area (Å²) < 4.78 is 0. The minimum Gasteiger partial charge on any atom is -0.368 e. The summed E-state index contributed by atoms with van der Waals surface area (Å²) in [5.41, 5.74) is 4.29. The molecule has 7 heteroatoms. The van der Waals surface area contributed by atoms with E-state index in [1.807, 2.05) is 0 Å². The van der Waals surface area contributed by atoms with E-state index < -0.39 is 17.2 Å². The Morgan fingerprint density at radius 1 is 1.18 bits per heavy atom. The largest absolute Gasteiger partial charge is 0.368 e. The minimum atomic E-state index is -0.625. The summed E-state index contributed by atoms with van der Waals surface area (Å²) in [6.07, 6.45) is 0.616. The first-order valence-electron chi connectivity index (χ1n) is 5.24. The van der Waals surface area contributed by atoms with Gasteiger partial charge in [-0.1, -0.05) is 13.8 Å². The number of nitrogens with one attached hydrogen (secondary N) is 2. The van der Waals surface area contributed by atoms with Crippen LogP contribution < -0.4 is 16.4 Å². The van der Waals surface area contributed by atoms with Gasteiger partial charge in [0.25, 0.3) is 0 Å². The van der Waals surface area contributed by atoms with Crippen molar-refractivity contribution >= 4 is 30.4 Å². The molecule has 0 fully saturated rings. The molecule has 0 saturated carbocycles. The molecule has 0 aliphatic carbocycles. The molecule has 0 aliphatic rings. The molecule has 17 heavy (non-hydrogen) atoms. The molecule has 4 N–H and O–H groups in total. The number of carbonyl (C=O) groups is 3. The topological polar surface area (TPSA) is 101 Å². The highest BCUT2D eigenvalue weighted by molar-refractivity contribution is 7.80. The number of amides is 3. The van der Waals surface area contributed by atoms with E-state index in [2.05, 4.69) is 23.3 Å². The fourth-order valence-electron chi connectivity index (χ4n) is 1.04. The molecule has 98 valence electrons. The lowest BCUT2D eigenvalue weighted by Crippen LogP contribution is -2.44. The maximum Gasteiger partial charge on any atom is 0.239 e. The molecule has 0 heterocycles. The van der Waals surface area contributed by atoms with E-state index in [0.29, 0.717) is 12.2 Å². The number of primary amides is 1. The summed E-state index contributed by atoms with van der Waals surface area (Å²) >= 11 is 4.06. The van der Waals surface area contributed by atoms with Crippen molar-refractivity contribution in [1.82, 2.24) is 10.6 Å². The van der Waals surface area contributed by atoms with Crippen molar-refractivity contribution in [2.45, 2.75) is 20.3 Å². The molecular weight excluding hydrogens is 242 g/mol. The van der Waals surface area contributed by atoms with Gasteiger partial charge in [-0.2, -0.15) is 12.6 Å². The SMILES string of the molecule is CC(C)(CCS)C(=O)NCC(=O)NCC(N)=O. The zero-order valence-electron chi connectivity index (χ0n) is 10.1. The maximum absolute atomic E-state index is 11.7. The van der Waals surface area contributed by atoms with E-state index >= 15 is 0 Å². The first-order valence-corrected chi connectivity index (χ1v) is 5.87. The van der Waals surface area contributed by atoms with Gasteiger partial charge >= 0.3 is 0 Å². The summed E-state index contributed by atoms with van der Waals surface area (Å²) in [6, 6.07) is 0. The zero-order chi connectivity index (χ0) is 13.5. The number of rotatable bonds is 7. The molecule has 0 radical (unpaired) electrons. The van der Waals surface area contributed by atoms with Crippen LogP contribution in [0.15, 0.2) is 0 Å². The van der Waals surface area contributed by atoms with Crippen LogP contribution in [0.2, 0.25) is 0 Å². The van der Waals surface area contributed by atoms with E-state index in [4.69, 9.17) is 5.73 Å². The lowest BCUT2D eigenvalue weighted by atomic mass is 9.89. The van der Waals surface area contributed by atoms with Crippen molar-refractivity contribution in [3.05, 3.63) is 0 Å². The van der Waals surface area contributed by atoms with Gasteiger partial charge in [-0.3, -0.25) is 14.4 Å². The van der Waals surface area contributed by atoms with Gasteiger partial charge in [0.05, 0.1) is 13.1 Å². The van der Waals surface area contributed by atoms with Crippen molar-refractivity contribution < 1.29 is 14.4 Å². The molecule has 6 nitrogen and oxygen atoms in total. The predicted molar refractivity (Wildman–Crippen MR) is 67.5 cm³/mol. The van der Waals surface area contributed by atoms with E-state index in [0.717, 1.165) is 0 Å². The quantitative estimate of drug-likeness (QED) is 0.444. The number of hydrogen-bond acceptors (Lipinski definition) is 4. The van der Waals surface area contributed by atoms with Crippen LogP contribution in [-0.2, 0) is 14.4 Å². The highest BCUT2D eigenvalue weighted by Gasteiger charge is 2.26. The summed E-state index contributed by atoms with van der Waals surface area (Å²) in [6.45, 7) is 3.16. The second-order valence-electron chi connectivity index (χ2n) is 4.28. The molecule has 0 aromatic heterocycles. The molecule has 0 rings (SSSR count). The summed E-state index contributed by atoms with van der Waals surface area (Å²) in [5.74, 6) is -0.700. The van der Waals surface area contributed by atoms with Crippen molar-refractivity contribution in [2.24, 2.45) is 11.1 Å². The molecule has 0 aromatic carbocycles. The van der Waals surface area contributed by atoms with E-state index in [1.54, 1.807) is 13.8 Å². The molecule has 0 aromatic rings. The minimum absolute atomic E-state index is 0.165. The fraction of sp³-hybridized carbons (Fsp3) is 0.700. The second kappa shape index (κ2) is 7.16. The van der Waals surface area contributed by atoms with Crippen LogP contribution in [-0.4, -0.2) is 36.6 Å². The fourth-order valence-corrected chi connectivity index (χ4v) is 1.60. The Labute approximate surface area is 106 Å². The van der Waals surface area contributed by atoms with Gasteiger partial charge in [-0.15, -0.1) is 0 Å². The number of carbonyl (C=O) groups excluding carboxylic acids is 3. The Bertz CT molecular complexity index is 305. The molecule has 0 saturated heterocycles. The molecule has 0 aliphatic heterocycles. The first kappa shape index (κ1) is 15.8. The highest BCUT2D eigenvalue weighted by atomic mass is 32.1. The monoisotopic (exact) mass is 261 g/mol. The van der Waals surface area contributed by atoms with Gasteiger partial charge in [0.2, 0.25) is 17.7 Å². The Hall–Kier alpha value is -1.24. The third-order valence-electron chi connectivity index (χ3n) is 2.22. The Kier molecular flexibility index (Phi) is 6.64. The smallest absolute Gasteiger partial charge is 0.239 e. The van der Waals surface area contributed by atoms with Crippen LogP contribution in [0.3, 0.4) is 0 Å². The number of thiol groups is 1. The number of nitrogens with two attached hydrogens (primary N) is 1. The molecule has 0 unspecified atom stereocenters. The van der Waals surface area contributed by atoms with E-state index in [1.165, 1.54) is 0 Å². The Morgan fingerprint density at radius 3 is 2.24 bits per heavy atom. The van der Waals surface area contributed by atoms with Gasteiger partial charge in [0, 0.05) is 5.41 Å². The Morgan fingerprint density at radius 2 is 1.76 bits per heavy atom. The maximum atomic E-state index is 11.7. The third kappa shape index (κ3) is 6.83. The summed E-state index contributed by atoms with van der Waals surface area (Å²) in [7, 11) is 0. The van der Waals surface area contributed by atoms with Crippen molar-refractivity contribution in [3.63, 3.8) is 0 Å². The predicted octanol–water partition coefficient (Wildman–Crippen LogP) is -0.950. The van der Waals surface area contributed by atoms with Crippen LogP contribution in [0.4, 0.5) is 0 Å². The first-order chi connectivity index (χ1) is 7.79. The zero-order valence-corrected chi connectivity index (χ0v) is 11.0. The van der Waals surface area contributed by atoms with Crippen LogP contribution in [0, 0.1) is 5.41 Å². The van der Waals surface area contributed by atoms with Gasteiger partial charge in [0.15, 0.2) is 0 Å². The summed E-state index contributed by atoms with van der Waals surface area (Å²) in [4.78, 5) is 33.3. The van der Waals surface area contributed by atoms with Crippen LogP contribution in [0.25, 0.3) is 0 Å². The standard InChI is InChI=1S/C10H19N3O3S/c1-10(2,3-4-17)9(16)13-6-8(15)12-5-7(11)14/h17H,3-6H2,1-2H3,(H2,11,14)(H,12,15)(H,13,16). The molecule has 0 spiro atoms. The van der Waals surface area contributed by atoms with Gasteiger partial charge in [-0.05, 0) is 12.2 Å². The lowest BCUT2D eigenvalue weighted by Gasteiger charge is -2.22. The highest BCUT2D eigenvalue weighted by Crippen LogP contribution is 2.20. The molecule has 0 atom stereocenters. The van der Waals surface area contributed by atoms with Crippen molar-refractivity contribution in [2.75, 3.05) is 18.8 Å². The number of hydrogen-bond donors (Lipinski definition) is 4. The van der Waals surface area contributed by atoms with Crippen molar-refractivity contribution in [1.29, 1.82) is 0 Å². The van der Waals surface area contributed by atoms with E-state index in [9.17, 15) is 14.4 Å². The van der Waals surface area contributed by atoms with Crippen LogP contribution >= 0.6 is 12.6 Å². The third-order valence-corrected chi connectivity index (χ3v) is 2.44. The van der Waals surface area contributed by atoms with E-state index in [-0.39, 0.29) is 19.0 Å². The molecular formula is C10H19N3O3S. The second-order valence-corrected chi connectivity index (χ2v) is 4.73. The van der Waals surface area contributed by atoms with Crippen LogP contribution in [0.1, 0.15) is 20.3 Å². The van der Waals surface area contributed by atoms with Gasteiger partial charge in [0.1, 0.15) is 0 Å². The molecule has 3 amide bonds.